The summed E-state index contributed by atoms with van der Waals surface area (Å²) >= 11 is 1.81. The normalized spacial score (nSPS) is 11.1. The summed E-state index contributed by atoms with van der Waals surface area (Å²) in [7, 11) is 0. The molecule has 0 aliphatic rings. The van der Waals surface area contributed by atoms with Gasteiger partial charge in [0.05, 0.1) is 10.5 Å². The molecule has 1 aromatic heterocycles. The van der Waals surface area contributed by atoms with Crippen molar-refractivity contribution in [2.75, 3.05) is 0 Å². The third-order valence-corrected chi connectivity index (χ3v) is 4.88. The molecule has 0 N–H and O–H groups in total. The van der Waals surface area contributed by atoms with Crippen LogP contribution in [0, 0.1) is 27.7 Å². The summed E-state index contributed by atoms with van der Waals surface area (Å²) in [5.41, 5.74) is 7.67. The predicted molar refractivity (Wildman–Crippen MR) is 96.7 cm³/mol. The number of fused-ring (bicyclic) bond motifs is 1. The highest BCUT2D eigenvalue weighted by Crippen LogP contribution is 2.28. The van der Waals surface area contributed by atoms with Gasteiger partial charge in [-0.3, -0.25) is 0 Å². The molecule has 0 amide bonds. The molecule has 0 radical (unpaired) electrons. The van der Waals surface area contributed by atoms with Crippen molar-refractivity contribution in [2.45, 2.75) is 38.5 Å². The molecule has 1 heterocycles. The van der Waals surface area contributed by atoms with Gasteiger partial charge in [0.15, 0.2) is 0 Å². The van der Waals surface area contributed by atoms with E-state index in [1.807, 2.05) is 11.8 Å². The lowest BCUT2D eigenvalue weighted by Crippen LogP contribution is -1.92. The highest BCUT2D eigenvalue weighted by molar-refractivity contribution is 7.98. The van der Waals surface area contributed by atoms with Crippen LogP contribution in [0.5, 0.6) is 0 Å². The Morgan fingerprint density at radius 1 is 0.864 bits per heavy atom. The molecule has 2 heteroatoms. The van der Waals surface area contributed by atoms with Crippen molar-refractivity contribution in [3.8, 4) is 0 Å². The van der Waals surface area contributed by atoms with Crippen LogP contribution in [0.25, 0.3) is 10.9 Å². The average Bonchev–Trinajstić information content (AvgIpc) is 2.46. The highest BCUT2D eigenvalue weighted by atomic mass is 32.2. The van der Waals surface area contributed by atoms with E-state index < -0.39 is 0 Å². The number of pyridine rings is 1. The molecule has 112 valence electrons. The summed E-state index contributed by atoms with van der Waals surface area (Å²) in [6.07, 6.45) is 0. The van der Waals surface area contributed by atoms with E-state index in [9.17, 15) is 0 Å². The van der Waals surface area contributed by atoms with Crippen LogP contribution >= 0.6 is 11.8 Å². The van der Waals surface area contributed by atoms with Gasteiger partial charge in [-0.2, -0.15) is 0 Å². The fourth-order valence-electron chi connectivity index (χ4n) is 2.85. The lowest BCUT2D eigenvalue weighted by atomic mass is 10.0. The zero-order chi connectivity index (χ0) is 15.7. The molecule has 3 rings (SSSR count). The maximum absolute atomic E-state index is 4.88. The number of aromatic nitrogens is 1. The molecule has 1 nitrogen and oxygen atoms in total. The van der Waals surface area contributed by atoms with Crippen molar-refractivity contribution in [3.63, 3.8) is 0 Å². The minimum absolute atomic E-state index is 0.963. The maximum Gasteiger partial charge on any atom is 0.0973 e. The van der Waals surface area contributed by atoms with Gasteiger partial charge in [-0.15, -0.1) is 11.8 Å². The Bertz CT molecular complexity index is 836. The Kier molecular flexibility index (Phi) is 4.21. The van der Waals surface area contributed by atoms with Crippen molar-refractivity contribution in [1.82, 2.24) is 4.98 Å². The monoisotopic (exact) mass is 307 g/mol. The first-order chi connectivity index (χ1) is 10.5. The molecule has 0 saturated carbocycles. The average molecular weight is 307 g/mol. The van der Waals surface area contributed by atoms with Gasteiger partial charge >= 0.3 is 0 Å². The number of rotatable bonds is 3. The zero-order valence-electron chi connectivity index (χ0n) is 13.6. The number of nitrogens with zero attached hydrogens (tertiary/aromatic N) is 1. The molecule has 22 heavy (non-hydrogen) atoms. The maximum atomic E-state index is 4.88. The number of benzene rings is 2. The molecule has 0 spiro atoms. The highest BCUT2D eigenvalue weighted by Gasteiger charge is 2.07. The Hall–Kier alpha value is -1.80. The first-order valence-corrected chi connectivity index (χ1v) is 8.58. The molecule has 3 aromatic rings. The Morgan fingerprint density at radius 2 is 1.68 bits per heavy atom. The summed E-state index contributed by atoms with van der Waals surface area (Å²) in [4.78, 5) is 4.88. The van der Waals surface area contributed by atoms with Crippen LogP contribution in [0.15, 0.2) is 47.5 Å². The van der Waals surface area contributed by atoms with Gasteiger partial charge in [-0.05, 0) is 56.5 Å². The molecule has 0 atom stereocenters. The van der Waals surface area contributed by atoms with Crippen molar-refractivity contribution < 1.29 is 0 Å². The van der Waals surface area contributed by atoms with Crippen molar-refractivity contribution in [2.24, 2.45) is 0 Å². The van der Waals surface area contributed by atoms with E-state index in [1.165, 1.54) is 33.2 Å². The quantitative estimate of drug-likeness (QED) is 0.570. The van der Waals surface area contributed by atoms with E-state index in [0.29, 0.717) is 0 Å². The van der Waals surface area contributed by atoms with Crippen LogP contribution in [-0.4, -0.2) is 4.98 Å². The molecule has 0 aliphatic carbocycles. The standard InChI is InChI=1S/C20H21NS/c1-13-6-5-7-17(9-13)12-22-19-11-15(3)18-10-14(2)8-16(4)20(18)21-19/h5-11H,12H2,1-4H3. The van der Waals surface area contributed by atoms with Gasteiger partial charge in [0, 0.05) is 11.1 Å². The smallest absolute Gasteiger partial charge is 0.0973 e. The van der Waals surface area contributed by atoms with Crippen molar-refractivity contribution in [3.05, 3.63) is 70.3 Å². The third-order valence-electron chi connectivity index (χ3n) is 3.90. The fourth-order valence-corrected chi connectivity index (χ4v) is 3.76. The number of hydrogen-bond donors (Lipinski definition) is 0. The molecular weight excluding hydrogens is 286 g/mol. The van der Waals surface area contributed by atoms with E-state index >= 15 is 0 Å². The lowest BCUT2D eigenvalue weighted by molar-refractivity contribution is 1.15. The summed E-state index contributed by atoms with van der Waals surface area (Å²) in [6.45, 7) is 8.61. The first-order valence-electron chi connectivity index (χ1n) is 7.60. The second-order valence-electron chi connectivity index (χ2n) is 6.03. The number of thioether (sulfide) groups is 1. The van der Waals surface area contributed by atoms with Gasteiger partial charge in [-0.1, -0.05) is 41.5 Å². The molecule has 0 saturated heterocycles. The van der Waals surface area contributed by atoms with E-state index in [0.717, 1.165) is 16.3 Å². The zero-order valence-corrected chi connectivity index (χ0v) is 14.4. The largest absolute Gasteiger partial charge is 0.241 e. The van der Waals surface area contributed by atoms with Crippen LogP contribution < -0.4 is 0 Å². The molecular formula is C20H21NS. The van der Waals surface area contributed by atoms with Crippen molar-refractivity contribution >= 4 is 22.7 Å². The van der Waals surface area contributed by atoms with Gasteiger partial charge < -0.3 is 0 Å². The minimum Gasteiger partial charge on any atom is -0.241 e. The molecule has 2 aromatic carbocycles. The van der Waals surface area contributed by atoms with Crippen LogP contribution in [-0.2, 0) is 5.75 Å². The van der Waals surface area contributed by atoms with Crippen molar-refractivity contribution in [1.29, 1.82) is 0 Å². The molecule has 0 aliphatic heterocycles. The Balaban J connectivity index is 1.92. The van der Waals surface area contributed by atoms with Gasteiger partial charge in [-0.25, -0.2) is 4.98 Å². The van der Waals surface area contributed by atoms with E-state index in [1.54, 1.807) is 0 Å². The summed E-state index contributed by atoms with van der Waals surface area (Å²) in [6, 6.07) is 15.3. The SMILES string of the molecule is Cc1cccc(CSc2cc(C)c3cc(C)cc(C)c3n2)c1. The van der Waals surface area contributed by atoms with Crippen LogP contribution in [0.2, 0.25) is 0 Å². The third kappa shape index (κ3) is 3.17. The summed E-state index contributed by atoms with van der Waals surface area (Å²) in [5.74, 6) is 0.963. The molecule has 0 fully saturated rings. The first kappa shape index (κ1) is 15.1. The topological polar surface area (TPSA) is 12.9 Å². The Labute approximate surface area is 136 Å². The second kappa shape index (κ2) is 6.13. The number of hydrogen-bond acceptors (Lipinski definition) is 2. The van der Waals surface area contributed by atoms with E-state index in [2.05, 4.69) is 70.2 Å². The minimum atomic E-state index is 0.963. The molecule has 0 unspecified atom stereocenters. The van der Waals surface area contributed by atoms with Gasteiger partial charge in [0.2, 0.25) is 0 Å². The summed E-state index contributed by atoms with van der Waals surface area (Å²) < 4.78 is 0. The number of aryl methyl sites for hydroxylation is 4. The van der Waals surface area contributed by atoms with Gasteiger partial charge in [0.25, 0.3) is 0 Å². The van der Waals surface area contributed by atoms with E-state index in [4.69, 9.17) is 4.98 Å². The van der Waals surface area contributed by atoms with Gasteiger partial charge in [0.1, 0.15) is 0 Å². The second-order valence-corrected chi connectivity index (χ2v) is 7.03. The van der Waals surface area contributed by atoms with Crippen LogP contribution in [0.1, 0.15) is 27.8 Å². The predicted octanol–water partition coefficient (Wildman–Crippen LogP) is 5.76. The Morgan fingerprint density at radius 3 is 2.45 bits per heavy atom. The van der Waals surface area contributed by atoms with Crippen LogP contribution in [0.3, 0.4) is 0 Å². The molecule has 0 bridgehead atoms. The fraction of sp³-hybridized carbons (Fsp3) is 0.250. The summed E-state index contributed by atoms with van der Waals surface area (Å²) in [5, 5.41) is 2.39. The van der Waals surface area contributed by atoms with E-state index in [-0.39, 0.29) is 0 Å². The van der Waals surface area contributed by atoms with Crippen LogP contribution in [0.4, 0.5) is 0 Å². The lowest BCUT2D eigenvalue weighted by Gasteiger charge is -2.10.